The Morgan fingerprint density at radius 1 is 1.53 bits per heavy atom. The number of carbonyl (C=O) groups is 1. The molecule has 1 aromatic rings. The first-order valence-corrected chi connectivity index (χ1v) is 6.32. The van der Waals surface area contributed by atoms with Crippen LogP contribution in [0.1, 0.15) is 36.4 Å². The topological polar surface area (TPSA) is 29.1 Å². The van der Waals surface area contributed by atoms with Gasteiger partial charge in [0.25, 0.3) is 5.91 Å². The normalized spacial score (nSPS) is 10.7. The zero-order valence-electron chi connectivity index (χ0n) is 9.05. The molecule has 0 radical (unpaired) electrons. The molecule has 0 aliphatic carbocycles. The average Bonchev–Trinajstić information content (AvgIpc) is 2.59. The van der Waals surface area contributed by atoms with Crippen molar-refractivity contribution in [2.75, 3.05) is 6.54 Å². The zero-order chi connectivity index (χ0) is 11.3. The number of carbonyl (C=O) groups excluding carboxylic acids is 1. The minimum atomic E-state index is -0.0179. The highest BCUT2D eigenvalue weighted by molar-refractivity contribution is 7.17. The second-order valence-electron chi connectivity index (χ2n) is 3.90. The van der Waals surface area contributed by atoms with Crippen LogP contribution in [0.4, 0.5) is 0 Å². The molecular formula is C11H16ClNOS. The van der Waals surface area contributed by atoms with Crippen LogP contribution in [-0.4, -0.2) is 12.5 Å². The van der Waals surface area contributed by atoms with Gasteiger partial charge in [-0.15, -0.1) is 11.3 Å². The molecule has 2 nitrogen and oxygen atoms in total. The van der Waals surface area contributed by atoms with Gasteiger partial charge in [-0.1, -0.05) is 25.4 Å². The van der Waals surface area contributed by atoms with E-state index in [1.54, 1.807) is 12.1 Å². The van der Waals surface area contributed by atoms with Gasteiger partial charge in [-0.25, -0.2) is 0 Å². The van der Waals surface area contributed by atoms with Crippen LogP contribution in [0.15, 0.2) is 12.1 Å². The predicted molar refractivity (Wildman–Crippen MR) is 65.7 cm³/mol. The summed E-state index contributed by atoms with van der Waals surface area (Å²) in [6.45, 7) is 5.11. The Balaban J connectivity index is 2.25. The molecule has 0 aromatic carbocycles. The highest BCUT2D eigenvalue weighted by Crippen LogP contribution is 2.21. The van der Waals surface area contributed by atoms with E-state index in [-0.39, 0.29) is 5.91 Å². The molecule has 1 heterocycles. The van der Waals surface area contributed by atoms with E-state index in [2.05, 4.69) is 19.2 Å². The molecule has 0 unspecified atom stereocenters. The Hall–Kier alpha value is -0.540. The van der Waals surface area contributed by atoms with Gasteiger partial charge in [0.15, 0.2) is 0 Å². The summed E-state index contributed by atoms with van der Waals surface area (Å²) in [5.41, 5.74) is 0. The first-order valence-electron chi connectivity index (χ1n) is 5.13. The summed E-state index contributed by atoms with van der Waals surface area (Å²) in [6.07, 6.45) is 2.17. The minimum Gasteiger partial charge on any atom is -0.351 e. The molecule has 4 heteroatoms. The van der Waals surface area contributed by atoms with Crippen LogP contribution in [0.2, 0.25) is 4.34 Å². The summed E-state index contributed by atoms with van der Waals surface area (Å²) in [6, 6.07) is 3.50. The first kappa shape index (κ1) is 12.5. The molecule has 1 rings (SSSR count). The summed E-state index contributed by atoms with van der Waals surface area (Å²) in [4.78, 5) is 12.2. The second kappa shape index (κ2) is 6.13. The number of thiophene rings is 1. The molecule has 0 aliphatic rings. The third-order valence-corrected chi connectivity index (χ3v) is 3.27. The van der Waals surface area contributed by atoms with Crippen molar-refractivity contribution in [3.63, 3.8) is 0 Å². The second-order valence-corrected chi connectivity index (χ2v) is 5.61. The van der Waals surface area contributed by atoms with Gasteiger partial charge >= 0.3 is 0 Å². The maximum absolute atomic E-state index is 11.5. The number of hydrogen-bond donors (Lipinski definition) is 1. The van der Waals surface area contributed by atoms with Gasteiger partial charge < -0.3 is 5.32 Å². The minimum absolute atomic E-state index is 0.0179. The molecule has 84 valence electrons. The molecule has 1 N–H and O–H groups in total. The van der Waals surface area contributed by atoms with Crippen LogP contribution in [0.3, 0.4) is 0 Å². The Morgan fingerprint density at radius 2 is 2.27 bits per heavy atom. The molecule has 0 aliphatic heterocycles. The van der Waals surface area contributed by atoms with Crippen molar-refractivity contribution in [3.8, 4) is 0 Å². The van der Waals surface area contributed by atoms with E-state index in [1.165, 1.54) is 11.3 Å². The lowest BCUT2D eigenvalue weighted by molar-refractivity contribution is 0.0956. The van der Waals surface area contributed by atoms with Crippen LogP contribution in [0.5, 0.6) is 0 Å². The summed E-state index contributed by atoms with van der Waals surface area (Å²) in [5.74, 6) is 0.675. The molecule has 0 saturated heterocycles. The fourth-order valence-electron chi connectivity index (χ4n) is 1.24. The standard InChI is InChI=1S/C11H16ClNOS/c1-8(2)4-3-7-13-11(14)9-5-6-10(12)15-9/h5-6,8H,3-4,7H2,1-2H3,(H,13,14). The molecule has 0 spiro atoms. The SMILES string of the molecule is CC(C)CCCNC(=O)c1ccc(Cl)s1. The van der Waals surface area contributed by atoms with Crippen LogP contribution < -0.4 is 5.32 Å². The molecule has 0 bridgehead atoms. The summed E-state index contributed by atoms with van der Waals surface area (Å²) in [5, 5.41) is 2.88. The maximum atomic E-state index is 11.5. The molecule has 0 saturated carbocycles. The van der Waals surface area contributed by atoms with Gasteiger partial charge in [0.05, 0.1) is 9.21 Å². The van der Waals surface area contributed by atoms with Crippen molar-refractivity contribution in [3.05, 3.63) is 21.3 Å². The lowest BCUT2D eigenvalue weighted by atomic mass is 10.1. The van der Waals surface area contributed by atoms with Gasteiger partial charge in [0.2, 0.25) is 0 Å². The van der Waals surface area contributed by atoms with E-state index in [0.717, 1.165) is 19.4 Å². The third-order valence-electron chi connectivity index (χ3n) is 2.04. The van der Waals surface area contributed by atoms with E-state index in [0.29, 0.717) is 15.1 Å². The van der Waals surface area contributed by atoms with E-state index in [4.69, 9.17) is 11.6 Å². The van der Waals surface area contributed by atoms with E-state index < -0.39 is 0 Å². The van der Waals surface area contributed by atoms with Crippen LogP contribution in [0.25, 0.3) is 0 Å². The molecule has 1 aromatic heterocycles. The van der Waals surface area contributed by atoms with Crippen LogP contribution in [-0.2, 0) is 0 Å². The third kappa shape index (κ3) is 4.67. The summed E-state index contributed by atoms with van der Waals surface area (Å²) in [7, 11) is 0. The Kier molecular flexibility index (Phi) is 5.12. The number of halogens is 1. The predicted octanol–water partition coefficient (Wildman–Crippen LogP) is 3.57. The van der Waals surface area contributed by atoms with E-state index in [9.17, 15) is 4.79 Å². The zero-order valence-corrected chi connectivity index (χ0v) is 10.6. The van der Waals surface area contributed by atoms with E-state index in [1.807, 2.05) is 0 Å². The van der Waals surface area contributed by atoms with Crippen LogP contribution >= 0.6 is 22.9 Å². The number of rotatable bonds is 5. The lowest BCUT2D eigenvalue weighted by Crippen LogP contribution is -2.23. The number of nitrogens with one attached hydrogen (secondary N) is 1. The highest BCUT2D eigenvalue weighted by Gasteiger charge is 2.07. The van der Waals surface area contributed by atoms with Gasteiger partial charge in [0, 0.05) is 6.54 Å². The van der Waals surface area contributed by atoms with Crippen molar-refractivity contribution < 1.29 is 4.79 Å². The first-order chi connectivity index (χ1) is 7.09. The van der Waals surface area contributed by atoms with Gasteiger partial charge in [-0.2, -0.15) is 0 Å². The fraction of sp³-hybridized carbons (Fsp3) is 0.545. The number of amides is 1. The highest BCUT2D eigenvalue weighted by atomic mass is 35.5. The van der Waals surface area contributed by atoms with Gasteiger partial charge in [-0.3, -0.25) is 4.79 Å². The van der Waals surface area contributed by atoms with Gasteiger partial charge in [-0.05, 0) is 30.9 Å². The largest absolute Gasteiger partial charge is 0.351 e. The monoisotopic (exact) mass is 245 g/mol. The molecular weight excluding hydrogens is 230 g/mol. The Labute approximate surface area is 99.6 Å². The summed E-state index contributed by atoms with van der Waals surface area (Å²) >= 11 is 7.06. The molecule has 1 amide bonds. The smallest absolute Gasteiger partial charge is 0.261 e. The average molecular weight is 246 g/mol. The van der Waals surface area contributed by atoms with Crippen molar-refractivity contribution in [1.82, 2.24) is 5.32 Å². The molecule has 0 fully saturated rings. The Morgan fingerprint density at radius 3 is 2.80 bits per heavy atom. The van der Waals surface area contributed by atoms with Crippen molar-refractivity contribution >= 4 is 28.8 Å². The van der Waals surface area contributed by atoms with Crippen LogP contribution in [0, 0.1) is 5.92 Å². The van der Waals surface area contributed by atoms with Crippen molar-refractivity contribution in [2.24, 2.45) is 5.92 Å². The summed E-state index contributed by atoms with van der Waals surface area (Å²) < 4.78 is 0.655. The van der Waals surface area contributed by atoms with Crippen molar-refractivity contribution in [2.45, 2.75) is 26.7 Å². The maximum Gasteiger partial charge on any atom is 0.261 e. The number of hydrogen-bond acceptors (Lipinski definition) is 2. The lowest BCUT2D eigenvalue weighted by Gasteiger charge is -2.05. The molecule has 15 heavy (non-hydrogen) atoms. The van der Waals surface area contributed by atoms with Crippen molar-refractivity contribution in [1.29, 1.82) is 0 Å². The van der Waals surface area contributed by atoms with Gasteiger partial charge in [0.1, 0.15) is 0 Å². The molecule has 0 atom stereocenters. The fourth-order valence-corrected chi connectivity index (χ4v) is 2.20. The quantitative estimate of drug-likeness (QED) is 0.790. The Bertz CT molecular complexity index is 322. The van der Waals surface area contributed by atoms with E-state index >= 15 is 0 Å².